The average molecular weight is 429 g/mol. The molecule has 2 aromatic rings. The number of carbonyl (C=O) groups is 1. The molecule has 0 fully saturated rings. The molecule has 0 saturated carbocycles. The van der Waals surface area contributed by atoms with E-state index in [0.29, 0.717) is 12.1 Å². The highest BCUT2D eigenvalue weighted by Gasteiger charge is 2.37. The number of hydrogen-bond acceptors (Lipinski definition) is 6. The molecule has 8 nitrogen and oxygen atoms in total. The van der Waals surface area contributed by atoms with Crippen molar-refractivity contribution in [2.75, 3.05) is 5.01 Å². The third-order valence-corrected chi connectivity index (χ3v) is 4.08. The van der Waals surface area contributed by atoms with Gasteiger partial charge in [-0.15, -0.1) is 0 Å². The Morgan fingerprint density at radius 3 is 2.07 bits per heavy atom. The van der Waals surface area contributed by atoms with Gasteiger partial charge in [0.25, 0.3) is 5.91 Å². The molecular weight excluding hydrogens is 421 g/mol. The summed E-state index contributed by atoms with van der Waals surface area (Å²) in [6, 6.07) is 1.33. The van der Waals surface area contributed by atoms with Gasteiger partial charge in [-0.05, 0) is 13.0 Å². The lowest BCUT2D eigenvalue weighted by Crippen LogP contribution is -2.25. The first-order valence-electron chi connectivity index (χ1n) is 7.79. The molecule has 0 radical (unpaired) electrons. The number of anilines is 1. The number of benzene rings is 2. The lowest BCUT2D eigenvalue weighted by molar-refractivity contribution is -0.385. The van der Waals surface area contributed by atoms with E-state index in [0.717, 1.165) is 13.0 Å². The Bertz CT molecular complexity index is 1170. The summed E-state index contributed by atoms with van der Waals surface area (Å²) >= 11 is 0. The maximum Gasteiger partial charge on any atom is 0.311 e. The summed E-state index contributed by atoms with van der Waals surface area (Å²) in [5.41, 5.74) is -3.50. The summed E-state index contributed by atoms with van der Waals surface area (Å²) in [4.78, 5) is 22.5. The fourth-order valence-electron chi connectivity index (χ4n) is 2.61. The monoisotopic (exact) mass is 429 g/mol. The van der Waals surface area contributed by atoms with Crippen LogP contribution in [0.1, 0.15) is 12.5 Å². The Balaban J connectivity index is 2.13. The molecule has 1 aliphatic heterocycles. The molecule has 0 aromatic heterocycles. The van der Waals surface area contributed by atoms with E-state index in [1.165, 1.54) is 0 Å². The van der Waals surface area contributed by atoms with E-state index in [-0.39, 0.29) is 16.3 Å². The van der Waals surface area contributed by atoms with E-state index >= 15 is 0 Å². The fraction of sp³-hybridized carbons (Fsp3) is 0.0588. The molecule has 0 spiro atoms. The SMILES string of the molecule is CC1=NN(c2c(F)c(F)c(F)c(F)c2F)C(=O)/C1=C/c1cc([N+](=O)[O-])c(O)cc1O. The van der Waals surface area contributed by atoms with Crippen LogP contribution in [0, 0.1) is 39.2 Å². The minimum absolute atomic E-state index is 0.0523. The Morgan fingerprint density at radius 2 is 1.53 bits per heavy atom. The molecule has 1 aliphatic rings. The number of hydrazone groups is 1. The molecule has 0 unspecified atom stereocenters. The first kappa shape index (κ1) is 20.7. The summed E-state index contributed by atoms with van der Waals surface area (Å²) in [6.45, 7) is 1.15. The molecule has 0 atom stereocenters. The number of aromatic hydroxyl groups is 2. The molecule has 30 heavy (non-hydrogen) atoms. The standard InChI is InChI=1S/C17H8F5N3O5/c1-5-7(2-6-3-8(25(29)30)10(27)4-9(6)26)17(28)24(23-5)16-14(21)12(19)11(18)13(20)15(16)22/h2-4,26-27H,1H3/b7-2+. The van der Waals surface area contributed by atoms with E-state index in [1.54, 1.807) is 0 Å². The van der Waals surface area contributed by atoms with E-state index in [2.05, 4.69) is 5.10 Å². The van der Waals surface area contributed by atoms with E-state index < -0.39 is 68.4 Å². The van der Waals surface area contributed by atoms with Gasteiger partial charge in [-0.3, -0.25) is 14.9 Å². The van der Waals surface area contributed by atoms with Crippen LogP contribution in [0.25, 0.3) is 6.08 Å². The second-order valence-corrected chi connectivity index (χ2v) is 5.94. The van der Waals surface area contributed by atoms with Crippen LogP contribution in [0.2, 0.25) is 0 Å². The van der Waals surface area contributed by atoms with Crippen LogP contribution in [0.5, 0.6) is 11.5 Å². The lowest BCUT2D eigenvalue weighted by atomic mass is 10.1. The van der Waals surface area contributed by atoms with Gasteiger partial charge in [0, 0.05) is 17.7 Å². The number of hydrogen-bond donors (Lipinski definition) is 2. The molecule has 2 aromatic carbocycles. The second-order valence-electron chi connectivity index (χ2n) is 5.94. The number of phenols is 2. The van der Waals surface area contributed by atoms with Crippen molar-refractivity contribution < 1.29 is 41.9 Å². The van der Waals surface area contributed by atoms with Crippen molar-refractivity contribution in [3.8, 4) is 11.5 Å². The first-order chi connectivity index (χ1) is 14.0. The van der Waals surface area contributed by atoms with Gasteiger partial charge in [0.15, 0.2) is 29.0 Å². The maximum atomic E-state index is 14.0. The minimum Gasteiger partial charge on any atom is -0.507 e. The lowest BCUT2D eigenvalue weighted by Gasteiger charge is -2.15. The van der Waals surface area contributed by atoms with Gasteiger partial charge in [0.05, 0.1) is 16.2 Å². The van der Waals surface area contributed by atoms with Crippen molar-refractivity contribution in [2.45, 2.75) is 6.92 Å². The van der Waals surface area contributed by atoms with E-state index in [9.17, 15) is 47.1 Å². The van der Waals surface area contributed by atoms with Crippen LogP contribution in [-0.4, -0.2) is 26.8 Å². The largest absolute Gasteiger partial charge is 0.507 e. The Morgan fingerprint density at radius 1 is 1.00 bits per heavy atom. The summed E-state index contributed by atoms with van der Waals surface area (Å²) in [5.74, 6) is -14.5. The van der Waals surface area contributed by atoms with Crippen molar-refractivity contribution in [1.29, 1.82) is 0 Å². The highest BCUT2D eigenvalue weighted by Crippen LogP contribution is 2.37. The highest BCUT2D eigenvalue weighted by atomic mass is 19.2. The number of carbonyl (C=O) groups excluding carboxylic acids is 1. The summed E-state index contributed by atoms with van der Waals surface area (Å²) in [6.07, 6.45) is 0.842. The van der Waals surface area contributed by atoms with Crippen LogP contribution in [0.15, 0.2) is 22.8 Å². The zero-order valence-electron chi connectivity index (χ0n) is 14.6. The molecule has 13 heteroatoms. The van der Waals surface area contributed by atoms with Crippen LogP contribution < -0.4 is 5.01 Å². The van der Waals surface area contributed by atoms with Gasteiger partial charge in [-0.1, -0.05) is 0 Å². The van der Waals surface area contributed by atoms with E-state index in [4.69, 9.17) is 0 Å². The number of nitro groups is 1. The van der Waals surface area contributed by atoms with Gasteiger partial charge in [-0.25, -0.2) is 22.0 Å². The summed E-state index contributed by atoms with van der Waals surface area (Å²) in [5, 5.41) is 33.7. The molecule has 2 N–H and O–H groups in total. The number of nitro benzene ring substituents is 1. The van der Waals surface area contributed by atoms with E-state index in [1.807, 2.05) is 0 Å². The first-order valence-corrected chi connectivity index (χ1v) is 7.79. The molecule has 1 heterocycles. The number of rotatable bonds is 3. The van der Waals surface area contributed by atoms with Crippen molar-refractivity contribution >= 4 is 29.1 Å². The Hall–Kier alpha value is -4.03. The average Bonchev–Trinajstić information content (AvgIpc) is 2.94. The number of nitrogens with zero attached hydrogens (tertiary/aromatic N) is 3. The summed E-state index contributed by atoms with van der Waals surface area (Å²) < 4.78 is 68.2. The number of halogens is 5. The van der Waals surface area contributed by atoms with Crippen molar-refractivity contribution in [1.82, 2.24) is 0 Å². The smallest absolute Gasteiger partial charge is 0.311 e. The van der Waals surface area contributed by atoms with Crippen LogP contribution >= 0.6 is 0 Å². The third kappa shape index (κ3) is 3.09. The van der Waals surface area contributed by atoms with Crippen molar-refractivity contribution in [2.24, 2.45) is 5.10 Å². The van der Waals surface area contributed by atoms with Crippen molar-refractivity contribution in [3.63, 3.8) is 0 Å². The van der Waals surface area contributed by atoms with Gasteiger partial charge in [0.2, 0.25) is 5.82 Å². The van der Waals surface area contributed by atoms with Crippen LogP contribution in [0.4, 0.5) is 33.3 Å². The quantitative estimate of drug-likeness (QED) is 0.193. The fourth-order valence-corrected chi connectivity index (χ4v) is 2.61. The molecular formula is C17H8F5N3O5. The zero-order valence-corrected chi connectivity index (χ0v) is 14.6. The molecule has 0 bridgehead atoms. The van der Waals surface area contributed by atoms with Crippen LogP contribution in [0.3, 0.4) is 0 Å². The molecule has 0 aliphatic carbocycles. The second kappa shape index (κ2) is 7.09. The molecule has 1 amide bonds. The number of phenolic OH excluding ortho intramolecular Hbond substituents is 2. The van der Waals surface area contributed by atoms with Gasteiger partial charge in [-0.2, -0.15) is 10.1 Å². The topological polar surface area (TPSA) is 116 Å². The molecule has 3 rings (SSSR count). The highest BCUT2D eigenvalue weighted by molar-refractivity contribution is 6.32. The molecule has 156 valence electrons. The minimum atomic E-state index is -2.42. The normalized spacial score (nSPS) is 15.1. The number of amides is 1. The van der Waals surface area contributed by atoms with Crippen LogP contribution in [-0.2, 0) is 4.79 Å². The maximum absolute atomic E-state index is 14.0. The zero-order chi connectivity index (χ0) is 22.5. The van der Waals surface area contributed by atoms with Crippen molar-refractivity contribution in [3.05, 3.63) is 62.5 Å². The molecule has 0 saturated heterocycles. The van der Waals surface area contributed by atoms with Gasteiger partial charge < -0.3 is 10.2 Å². The Kier molecular flexibility index (Phi) is 4.89. The van der Waals surface area contributed by atoms with Gasteiger partial charge >= 0.3 is 5.69 Å². The Labute approximate surface area is 162 Å². The van der Waals surface area contributed by atoms with Gasteiger partial charge in [0.1, 0.15) is 11.4 Å². The predicted octanol–water partition coefficient (Wildman–Crippen LogP) is 3.51. The third-order valence-electron chi connectivity index (χ3n) is 4.08. The summed E-state index contributed by atoms with van der Waals surface area (Å²) in [7, 11) is 0. The predicted molar refractivity (Wildman–Crippen MR) is 91.2 cm³/mol.